The molecule has 0 aliphatic rings. The minimum atomic E-state index is -0.0541. The Kier molecular flexibility index (Phi) is 6.28. The van der Waals surface area contributed by atoms with Crippen LogP contribution < -0.4 is 5.32 Å². The molecule has 3 aromatic rings. The first-order valence-corrected chi connectivity index (χ1v) is 9.95. The molecule has 5 nitrogen and oxygen atoms in total. The van der Waals surface area contributed by atoms with E-state index in [0.717, 1.165) is 20.2 Å². The SMILES string of the molecule is O=C(CCSc1nnc(-c2cccc(Br)c2)o1)Nc1ccc(Br)cc1. The van der Waals surface area contributed by atoms with Crippen molar-refractivity contribution in [2.45, 2.75) is 11.6 Å². The van der Waals surface area contributed by atoms with Crippen LogP contribution in [0.4, 0.5) is 5.69 Å². The molecule has 1 aromatic heterocycles. The number of thioether (sulfide) groups is 1. The van der Waals surface area contributed by atoms with Gasteiger partial charge in [0.15, 0.2) is 0 Å². The molecule has 0 saturated heterocycles. The molecule has 0 bridgehead atoms. The number of hydrogen-bond donors (Lipinski definition) is 1. The second-order valence-corrected chi connectivity index (χ2v) is 7.91. The first-order chi connectivity index (χ1) is 12.1. The summed E-state index contributed by atoms with van der Waals surface area (Å²) in [4.78, 5) is 11.9. The van der Waals surface area contributed by atoms with E-state index in [-0.39, 0.29) is 5.91 Å². The van der Waals surface area contributed by atoms with Crippen LogP contribution in [-0.4, -0.2) is 21.9 Å². The Hall–Kier alpha value is -1.64. The summed E-state index contributed by atoms with van der Waals surface area (Å²) in [5.41, 5.74) is 1.62. The van der Waals surface area contributed by atoms with Gasteiger partial charge >= 0.3 is 0 Å². The Labute approximate surface area is 165 Å². The summed E-state index contributed by atoms with van der Waals surface area (Å²) in [6.07, 6.45) is 0.356. The number of rotatable bonds is 6. The van der Waals surface area contributed by atoms with Gasteiger partial charge in [-0.3, -0.25) is 4.79 Å². The van der Waals surface area contributed by atoms with E-state index >= 15 is 0 Å². The van der Waals surface area contributed by atoms with Crippen molar-refractivity contribution in [2.24, 2.45) is 0 Å². The van der Waals surface area contributed by atoms with Crippen molar-refractivity contribution in [2.75, 3.05) is 11.1 Å². The third kappa shape index (κ3) is 5.42. The molecular weight excluding hydrogens is 470 g/mol. The minimum Gasteiger partial charge on any atom is -0.411 e. The quantitative estimate of drug-likeness (QED) is 0.477. The average molecular weight is 483 g/mol. The lowest BCUT2D eigenvalue weighted by Crippen LogP contribution is -2.11. The minimum absolute atomic E-state index is 0.0541. The van der Waals surface area contributed by atoms with Crippen LogP contribution in [-0.2, 0) is 4.79 Å². The predicted molar refractivity (Wildman–Crippen MR) is 106 cm³/mol. The van der Waals surface area contributed by atoms with Gasteiger partial charge in [0, 0.05) is 32.4 Å². The van der Waals surface area contributed by atoms with Gasteiger partial charge in [-0.05, 0) is 42.5 Å². The molecule has 0 aliphatic heterocycles. The Morgan fingerprint density at radius 3 is 2.64 bits per heavy atom. The number of nitrogens with one attached hydrogen (secondary N) is 1. The van der Waals surface area contributed by atoms with Crippen molar-refractivity contribution in [1.82, 2.24) is 10.2 Å². The van der Waals surface area contributed by atoms with Crippen molar-refractivity contribution in [3.63, 3.8) is 0 Å². The van der Waals surface area contributed by atoms with Crippen LogP contribution in [0.3, 0.4) is 0 Å². The van der Waals surface area contributed by atoms with Crippen LogP contribution in [0.5, 0.6) is 0 Å². The summed E-state index contributed by atoms with van der Waals surface area (Å²) in [6, 6.07) is 15.1. The number of nitrogens with zero attached hydrogens (tertiary/aromatic N) is 2. The highest BCUT2D eigenvalue weighted by Gasteiger charge is 2.10. The molecule has 8 heteroatoms. The van der Waals surface area contributed by atoms with Gasteiger partial charge in [0.05, 0.1) is 0 Å². The van der Waals surface area contributed by atoms with Gasteiger partial charge in [-0.1, -0.05) is 49.7 Å². The third-order valence-corrected chi connectivity index (χ3v) is 5.00. The lowest BCUT2D eigenvalue weighted by atomic mass is 10.2. The molecule has 1 amide bonds. The summed E-state index contributed by atoms with van der Waals surface area (Å²) in [7, 11) is 0. The van der Waals surface area contributed by atoms with E-state index in [0.29, 0.717) is 23.3 Å². The van der Waals surface area contributed by atoms with Crippen LogP contribution in [0, 0.1) is 0 Å². The fraction of sp³-hybridized carbons (Fsp3) is 0.118. The molecule has 0 spiro atoms. The number of carbonyl (C=O) groups is 1. The molecule has 1 heterocycles. The van der Waals surface area contributed by atoms with Crippen molar-refractivity contribution in [3.8, 4) is 11.5 Å². The molecule has 0 atom stereocenters. The molecule has 25 heavy (non-hydrogen) atoms. The first kappa shape index (κ1) is 18.2. The fourth-order valence-electron chi connectivity index (χ4n) is 1.99. The van der Waals surface area contributed by atoms with Crippen molar-refractivity contribution >= 4 is 55.2 Å². The molecule has 128 valence electrons. The summed E-state index contributed by atoms with van der Waals surface area (Å²) >= 11 is 8.13. The van der Waals surface area contributed by atoms with Crippen LogP contribution in [0.1, 0.15) is 6.42 Å². The van der Waals surface area contributed by atoms with Crippen LogP contribution in [0.15, 0.2) is 67.1 Å². The normalized spacial score (nSPS) is 10.6. The number of anilines is 1. The summed E-state index contributed by atoms with van der Waals surface area (Å²) in [5, 5.41) is 11.3. The van der Waals surface area contributed by atoms with Crippen molar-refractivity contribution < 1.29 is 9.21 Å². The number of hydrogen-bond acceptors (Lipinski definition) is 5. The summed E-state index contributed by atoms with van der Waals surface area (Å²) < 4.78 is 7.54. The molecule has 0 aliphatic carbocycles. The van der Waals surface area contributed by atoms with Crippen molar-refractivity contribution in [1.29, 1.82) is 0 Å². The van der Waals surface area contributed by atoms with E-state index in [1.807, 2.05) is 48.5 Å². The third-order valence-electron chi connectivity index (χ3n) is 3.16. The smallest absolute Gasteiger partial charge is 0.276 e. The van der Waals surface area contributed by atoms with E-state index in [2.05, 4.69) is 47.4 Å². The Morgan fingerprint density at radius 2 is 1.88 bits per heavy atom. The standard InChI is InChI=1S/C17H13Br2N3O2S/c18-12-4-6-14(7-5-12)20-15(23)8-9-25-17-22-21-16(24-17)11-2-1-3-13(19)10-11/h1-7,10H,8-9H2,(H,20,23). The molecule has 2 aromatic carbocycles. The summed E-state index contributed by atoms with van der Waals surface area (Å²) in [6.45, 7) is 0. The molecule has 3 rings (SSSR count). The topological polar surface area (TPSA) is 68.0 Å². The Balaban J connectivity index is 1.49. The molecule has 0 saturated carbocycles. The van der Waals surface area contributed by atoms with Gasteiger partial charge in [0.1, 0.15) is 0 Å². The molecular formula is C17H13Br2N3O2S. The van der Waals surface area contributed by atoms with E-state index in [4.69, 9.17) is 4.42 Å². The van der Waals surface area contributed by atoms with Gasteiger partial charge in [0.2, 0.25) is 11.8 Å². The highest BCUT2D eigenvalue weighted by molar-refractivity contribution is 9.10. The molecule has 0 unspecified atom stereocenters. The van der Waals surface area contributed by atoms with Gasteiger partial charge in [-0.15, -0.1) is 10.2 Å². The van der Waals surface area contributed by atoms with E-state index < -0.39 is 0 Å². The lowest BCUT2D eigenvalue weighted by molar-refractivity contribution is -0.115. The zero-order valence-electron chi connectivity index (χ0n) is 12.9. The van der Waals surface area contributed by atoms with Gasteiger partial charge in [-0.25, -0.2) is 0 Å². The second kappa shape index (κ2) is 8.64. The van der Waals surface area contributed by atoms with Crippen LogP contribution in [0.2, 0.25) is 0 Å². The van der Waals surface area contributed by atoms with Gasteiger partial charge < -0.3 is 9.73 Å². The fourth-order valence-corrected chi connectivity index (χ4v) is 3.36. The molecule has 1 N–H and O–H groups in total. The number of aromatic nitrogens is 2. The monoisotopic (exact) mass is 481 g/mol. The highest BCUT2D eigenvalue weighted by atomic mass is 79.9. The Morgan fingerprint density at radius 1 is 1.08 bits per heavy atom. The van der Waals surface area contributed by atoms with E-state index in [1.165, 1.54) is 11.8 Å². The van der Waals surface area contributed by atoms with Gasteiger partial charge in [0.25, 0.3) is 5.22 Å². The first-order valence-electron chi connectivity index (χ1n) is 7.38. The maximum atomic E-state index is 11.9. The van der Waals surface area contributed by atoms with Crippen LogP contribution in [0.25, 0.3) is 11.5 Å². The highest BCUT2D eigenvalue weighted by Crippen LogP contribution is 2.25. The van der Waals surface area contributed by atoms with E-state index in [9.17, 15) is 4.79 Å². The van der Waals surface area contributed by atoms with Crippen molar-refractivity contribution in [3.05, 3.63) is 57.5 Å². The largest absolute Gasteiger partial charge is 0.411 e. The molecule has 0 radical (unpaired) electrons. The zero-order chi connectivity index (χ0) is 17.6. The number of benzene rings is 2. The predicted octanol–water partition coefficient (Wildman–Crippen LogP) is 5.38. The second-order valence-electron chi connectivity index (χ2n) is 5.04. The van der Waals surface area contributed by atoms with Gasteiger partial charge in [-0.2, -0.15) is 0 Å². The summed E-state index contributed by atoms with van der Waals surface area (Å²) in [5.74, 6) is 0.965. The number of carbonyl (C=O) groups excluding carboxylic acids is 1. The lowest BCUT2D eigenvalue weighted by Gasteiger charge is -2.04. The zero-order valence-corrected chi connectivity index (χ0v) is 16.9. The van der Waals surface area contributed by atoms with E-state index in [1.54, 1.807) is 0 Å². The molecule has 0 fully saturated rings. The maximum Gasteiger partial charge on any atom is 0.276 e. The number of amides is 1. The number of halogens is 2. The Bertz CT molecular complexity index is 868. The average Bonchev–Trinajstić information content (AvgIpc) is 3.06. The maximum absolute atomic E-state index is 11.9. The van der Waals surface area contributed by atoms with Crippen LogP contribution >= 0.6 is 43.6 Å².